The average Bonchev–Trinajstić information content (AvgIpc) is 2.73. The van der Waals surface area contributed by atoms with Crippen LogP contribution in [0.5, 0.6) is 23.4 Å². The summed E-state index contributed by atoms with van der Waals surface area (Å²) >= 11 is 0. The minimum Gasteiger partial charge on any atom is -0.485 e. The van der Waals surface area contributed by atoms with E-state index >= 15 is 0 Å². The van der Waals surface area contributed by atoms with Gasteiger partial charge in [-0.2, -0.15) is 4.98 Å². The van der Waals surface area contributed by atoms with Crippen LogP contribution in [0.25, 0.3) is 0 Å². The summed E-state index contributed by atoms with van der Waals surface area (Å²) in [5.74, 6) is 1.71. The second kappa shape index (κ2) is 7.69. The minimum absolute atomic E-state index is 0.00194. The molecule has 1 fully saturated rings. The van der Waals surface area contributed by atoms with Gasteiger partial charge in [0.15, 0.2) is 11.5 Å². The van der Waals surface area contributed by atoms with E-state index in [1.165, 1.54) is 7.11 Å². The Morgan fingerprint density at radius 3 is 2.74 bits per heavy atom. The van der Waals surface area contributed by atoms with Crippen molar-refractivity contribution in [2.75, 3.05) is 26.8 Å². The number of hydrogen-bond acceptors (Lipinski definition) is 7. The first-order valence-electron chi connectivity index (χ1n) is 8.94. The number of fused-ring (bicyclic) bond motifs is 1. The van der Waals surface area contributed by atoms with Crippen molar-refractivity contribution in [1.29, 1.82) is 0 Å². The van der Waals surface area contributed by atoms with E-state index in [9.17, 15) is 4.79 Å². The Morgan fingerprint density at radius 1 is 1.19 bits per heavy atom. The molecule has 1 amide bonds. The van der Waals surface area contributed by atoms with Gasteiger partial charge in [-0.05, 0) is 12.1 Å². The standard InChI is InChI=1S/C19H21N3O5/c1-24-19-20-9-6-17(21-19)26-13-7-10-22(11-8-13)18(23)16-12-25-14-4-2-3-5-15(14)27-16/h2-6,9,13,16H,7-8,10-12H2,1H3. The van der Waals surface area contributed by atoms with E-state index in [4.69, 9.17) is 18.9 Å². The van der Waals surface area contributed by atoms with Gasteiger partial charge < -0.3 is 23.8 Å². The van der Waals surface area contributed by atoms with E-state index in [1.807, 2.05) is 29.2 Å². The molecule has 27 heavy (non-hydrogen) atoms. The SMILES string of the molecule is COc1nccc(OC2CCN(C(=O)C3COc4ccccc4O3)CC2)n1. The summed E-state index contributed by atoms with van der Waals surface area (Å²) < 4.78 is 22.4. The third kappa shape index (κ3) is 3.89. The second-order valence-corrected chi connectivity index (χ2v) is 6.39. The van der Waals surface area contributed by atoms with Gasteiger partial charge in [-0.1, -0.05) is 12.1 Å². The molecule has 1 aromatic heterocycles. The van der Waals surface area contributed by atoms with Crippen LogP contribution in [0.2, 0.25) is 0 Å². The third-order valence-electron chi connectivity index (χ3n) is 4.62. The van der Waals surface area contributed by atoms with Crippen molar-refractivity contribution in [1.82, 2.24) is 14.9 Å². The van der Waals surface area contributed by atoms with Crippen LogP contribution in [-0.2, 0) is 4.79 Å². The van der Waals surface area contributed by atoms with E-state index in [1.54, 1.807) is 12.3 Å². The first-order valence-corrected chi connectivity index (χ1v) is 8.94. The number of carbonyl (C=O) groups is 1. The Bertz CT molecular complexity index is 807. The van der Waals surface area contributed by atoms with Gasteiger partial charge in [0.2, 0.25) is 12.0 Å². The number of rotatable bonds is 4. The number of carbonyl (C=O) groups excluding carboxylic acids is 1. The average molecular weight is 371 g/mol. The van der Waals surface area contributed by atoms with Crippen molar-refractivity contribution in [2.24, 2.45) is 0 Å². The van der Waals surface area contributed by atoms with Crippen LogP contribution in [0, 0.1) is 0 Å². The molecule has 0 radical (unpaired) electrons. The molecule has 2 aliphatic heterocycles. The molecule has 142 valence electrons. The lowest BCUT2D eigenvalue weighted by Crippen LogP contribution is -2.50. The smallest absolute Gasteiger partial charge is 0.319 e. The number of ether oxygens (including phenoxy) is 4. The highest BCUT2D eigenvalue weighted by molar-refractivity contribution is 5.82. The van der Waals surface area contributed by atoms with Crippen LogP contribution in [0.3, 0.4) is 0 Å². The van der Waals surface area contributed by atoms with Crippen molar-refractivity contribution < 1.29 is 23.7 Å². The van der Waals surface area contributed by atoms with E-state index in [2.05, 4.69) is 9.97 Å². The monoisotopic (exact) mass is 371 g/mol. The zero-order valence-electron chi connectivity index (χ0n) is 15.0. The highest BCUT2D eigenvalue weighted by Crippen LogP contribution is 2.31. The van der Waals surface area contributed by atoms with Gasteiger partial charge in [-0.3, -0.25) is 4.79 Å². The Hall–Kier alpha value is -3.03. The quantitative estimate of drug-likeness (QED) is 0.809. The molecule has 1 aromatic carbocycles. The number of methoxy groups -OCH3 is 1. The summed E-state index contributed by atoms with van der Waals surface area (Å²) in [4.78, 5) is 22.7. The zero-order chi connectivity index (χ0) is 18.6. The first kappa shape index (κ1) is 17.4. The molecule has 0 aliphatic carbocycles. The Morgan fingerprint density at radius 2 is 1.96 bits per heavy atom. The van der Waals surface area contributed by atoms with E-state index in [0.29, 0.717) is 30.5 Å². The molecule has 3 heterocycles. The fourth-order valence-corrected chi connectivity index (χ4v) is 3.20. The maximum Gasteiger partial charge on any atom is 0.319 e. The number of benzene rings is 1. The zero-order valence-corrected chi connectivity index (χ0v) is 15.0. The predicted molar refractivity (Wildman–Crippen MR) is 95.2 cm³/mol. The summed E-state index contributed by atoms with van der Waals surface area (Å²) in [5, 5.41) is 0. The van der Waals surface area contributed by atoms with Crippen LogP contribution in [0.15, 0.2) is 36.5 Å². The molecule has 8 nitrogen and oxygen atoms in total. The number of likely N-dealkylation sites (tertiary alicyclic amines) is 1. The molecule has 1 saturated heterocycles. The topological polar surface area (TPSA) is 83.0 Å². The Kier molecular flexibility index (Phi) is 4.95. The molecule has 1 atom stereocenters. The van der Waals surface area contributed by atoms with Crippen molar-refractivity contribution in [3.8, 4) is 23.4 Å². The lowest BCUT2D eigenvalue weighted by molar-refractivity contribution is -0.143. The first-order chi connectivity index (χ1) is 13.2. The van der Waals surface area contributed by atoms with Crippen molar-refractivity contribution in [3.63, 3.8) is 0 Å². The maximum atomic E-state index is 12.8. The molecule has 1 unspecified atom stereocenters. The van der Waals surface area contributed by atoms with Gasteiger partial charge in [0.05, 0.1) is 7.11 Å². The molecule has 2 aromatic rings. The van der Waals surface area contributed by atoms with Crippen molar-refractivity contribution in [3.05, 3.63) is 36.5 Å². The van der Waals surface area contributed by atoms with Gasteiger partial charge in [-0.15, -0.1) is 0 Å². The summed E-state index contributed by atoms with van der Waals surface area (Å²) in [6.45, 7) is 1.44. The highest BCUT2D eigenvalue weighted by atomic mass is 16.6. The number of aromatic nitrogens is 2. The molecule has 4 rings (SSSR count). The lowest BCUT2D eigenvalue weighted by atomic mass is 10.1. The van der Waals surface area contributed by atoms with E-state index < -0.39 is 6.10 Å². The van der Waals surface area contributed by atoms with Crippen LogP contribution in [0.4, 0.5) is 0 Å². The molecule has 0 N–H and O–H groups in total. The number of piperidine rings is 1. The summed E-state index contributed by atoms with van der Waals surface area (Å²) in [5.41, 5.74) is 0. The van der Waals surface area contributed by atoms with Gasteiger partial charge in [0.25, 0.3) is 5.91 Å². The molecule has 0 spiro atoms. The van der Waals surface area contributed by atoms with Crippen LogP contribution >= 0.6 is 0 Å². The maximum absolute atomic E-state index is 12.8. The summed E-state index contributed by atoms with van der Waals surface area (Å²) in [6, 6.07) is 9.36. The fourth-order valence-electron chi connectivity index (χ4n) is 3.20. The van der Waals surface area contributed by atoms with Gasteiger partial charge in [-0.25, -0.2) is 4.98 Å². The molecule has 0 bridgehead atoms. The Balaban J connectivity index is 1.31. The lowest BCUT2D eigenvalue weighted by Gasteiger charge is -2.35. The molecular formula is C19H21N3O5. The Labute approximate surface area is 157 Å². The van der Waals surface area contributed by atoms with Gasteiger partial charge in [0.1, 0.15) is 12.7 Å². The highest BCUT2D eigenvalue weighted by Gasteiger charge is 2.33. The number of hydrogen-bond donors (Lipinski definition) is 0. The minimum atomic E-state index is -0.608. The summed E-state index contributed by atoms with van der Waals surface area (Å²) in [6.07, 6.45) is 2.43. The van der Waals surface area contributed by atoms with E-state index in [-0.39, 0.29) is 24.6 Å². The third-order valence-corrected chi connectivity index (χ3v) is 4.62. The van der Waals surface area contributed by atoms with Crippen LogP contribution < -0.4 is 18.9 Å². The normalized spacial score (nSPS) is 19.4. The molecule has 0 saturated carbocycles. The summed E-state index contributed by atoms with van der Waals surface area (Å²) in [7, 11) is 1.51. The molecular weight excluding hydrogens is 350 g/mol. The van der Waals surface area contributed by atoms with Crippen molar-refractivity contribution >= 4 is 5.91 Å². The van der Waals surface area contributed by atoms with Crippen LogP contribution in [-0.4, -0.2) is 59.8 Å². The number of para-hydroxylation sites is 2. The predicted octanol–water partition coefficient (Wildman–Crippen LogP) is 1.69. The number of amides is 1. The van der Waals surface area contributed by atoms with Gasteiger partial charge in [0, 0.05) is 38.2 Å². The van der Waals surface area contributed by atoms with Crippen molar-refractivity contribution in [2.45, 2.75) is 25.0 Å². The number of nitrogens with zero attached hydrogens (tertiary/aromatic N) is 3. The van der Waals surface area contributed by atoms with E-state index in [0.717, 1.165) is 12.8 Å². The van der Waals surface area contributed by atoms with Crippen LogP contribution in [0.1, 0.15) is 12.8 Å². The largest absolute Gasteiger partial charge is 0.485 e. The molecule has 2 aliphatic rings. The molecule has 8 heteroatoms. The second-order valence-electron chi connectivity index (χ2n) is 6.39. The van der Waals surface area contributed by atoms with Gasteiger partial charge >= 0.3 is 6.01 Å². The fraction of sp³-hybridized carbons (Fsp3) is 0.421.